The van der Waals surface area contributed by atoms with E-state index in [0.29, 0.717) is 10.6 Å². The predicted octanol–water partition coefficient (Wildman–Crippen LogP) is 2.56. The van der Waals surface area contributed by atoms with Gasteiger partial charge in [-0.3, -0.25) is 9.59 Å². The summed E-state index contributed by atoms with van der Waals surface area (Å²) >= 11 is 18.1. The number of carbonyl (C=O) groups excluding carboxylic acids is 2. The largest absolute Gasteiger partial charge is 0.335 e. The number of hydrogen-bond acceptors (Lipinski definition) is 5. The van der Waals surface area contributed by atoms with Crippen LogP contribution in [0.2, 0.25) is 15.1 Å². The Balaban J connectivity index is 1.78. The lowest BCUT2D eigenvalue weighted by molar-refractivity contribution is -0.166. The summed E-state index contributed by atoms with van der Waals surface area (Å²) in [5.74, 6) is -1.05. The van der Waals surface area contributed by atoms with E-state index < -0.39 is 46.8 Å². The third-order valence-corrected chi connectivity index (χ3v) is 8.93. The molecule has 2 aromatic rings. The fourth-order valence-electron chi connectivity index (χ4n) is 4.43. The maximum atomic E-state index is 13.7. The Hall–Kier alpha value is -1.95. The summed E-state index contributed by atoms with van der Waals surface area (Å²) in [6, 6.07) is 8.35. The number of sulfonamides is 1. The number of hydrogen-bond donors (Lipinski definition) is 1. The Bertz CT molecular complexity index is 1250. The van der Waals surface area contributed by atoms with Crippen LogP contribution in [0, 0.1) is 0 Å². The van der Waals surface area contributed by atoms with Crippen molar-refractivity contribution in [2.24, 2.45) is 5.73 Å². The van der Waals surface area contributed by atoms with Crippen LogP contribution in [0.25, 0.3) is 0 Å². The van der Waals surface area contributed by atoms with Crippen molar-refractivity contribution in [2.45, 2.75) is 29.6 Å². The van der Waals surface area contributed by atoms with E-state index in [1.165, 1.54) is 28.0 Å². The van der Waals surface area contributed by atoms with Crippen molar-refractivity contribution < 1.29 is 22.4 Å². The second kappa shape index (κ2) is 10.2. The van der Waals surface area contributed by atoms with Gasteiger partial charge in [0.05, 0.1) is 17.6 Å². The standard InChI is InChI=1S/C22H22Cl3FN4O4S/c23-14-3-1-13(2-4-14)9-18-22(32)28(8-7-26)12-20-29(11-17(27)21(31)30(18)20)35(33,34)19-6-5-15(24)10-16(19)25/h1-6,10,17-18,20H,7-9,11-12,27H2. The summed E-state index contributed by atoms with van der Waals surface area (Å²) in [5.41, 5.74) is 6.76. The lowest BCUT2D eigenvalue weighted by atomic mass is 9.97. The molecule has 8 nitrogen and oxygen atoms in total. The average molecular weight is 564 g/mol. The number of nitrogens with two attached hydrogens (primary N) is 1. The molecule has 0 radical (unpaired) electrons. The van der Waals surface area contributed by atoms with Crippen LogP contribution in [0.15, 0.2) is 47.4 Å². The van der Waals surface area contributed by atoms with Gasteiger partial charge in [-0.05, 0) is 35.9 Å². The smallest absolute Gasteiger partial charge is 0.246 e. The van der Waals surface area contributed by atoms with Crippen LogP contribution in [0.3, 0.4) is 0 Å². The molecule has 2 N–H and O–H groups in total. The third kappa shape index (κ3) is 5.00. The Labute approximate surface area is 217 Å². The van der Waals surface area contributed by atoms with Crippen molar-refractivity contribution in [3.63, 3.8) is 0 Å². The van der Waals surface area contributed by atoms with Crippen molar-refractivity contribution in [1.29, 1.82) is 0 Å². The molecule has 2 saturated heterocycles. The zero-order valence-corrected chi connectivity index (χ0v) is 21.4. The fraction of sp³-hybridized carbons (Fsp3) is 0.364. The lowest BCUT2D eigenvalue weighted by Crippen LogP contribution is -2.75. The van der Waals surface area contributed by atoms with Crippen molar-refractivity contribution in [3.05, 3.63) is 63.1 Å². The molecule has 2 aromatic carbocycles. The molecule has 2 fully saturated rings. The highest BCUT2D eigenvalue weighted by Gasteiger charge is 2.53. The highest BCUT2D eigenvalue weighted by Crippen LogP contribution is 2.34. The van der Waals surface area contributed by atoms with Crippen molar-refractivity contribution in [2.75, 3.05) is 26.3 Å². The average Bonchev–Trinajstić information content (AvgIpc) is 2.80. The number of rotatable bonds is 6. The van der Waals surface area contributed by atoms with Gasteiger partial charge in [0.2, 0.25) is 21.8 Å². The van der Waals surface area contributed by atoms with E-state index in [0.717, 1.165) is 4.31 Å². The molecule has 3 atom stereocenters. The Kier molecular flexibility index (Phi) is 7.61. The molecule has 35 heavy (non-hydrogen) atoms. The van der Waals surface area contributed by atoms with E-state index >= 15 is 0 Å². The Morgan fingerprint density at radius 1 is 0.971 bits per heavy atom. The first kappa shape index (κ1) is 26.1. The van der Waals surface area contributed by atoms with Crippen LogP contribution < -0.4 is 5.73 Å². The van der Waals surface area contributed by atoms with E-state index in [9.17, 15) is 22.4 Å². The molecule has 0 saturated carbocycles. The van der Waals surface area contributed by atoms with Gasteiger partial charge in [-0.1, -0.05) is 46.9 Å². The molecule has 2 heterocycles. The minimum Gasteiger partial charge on any atom is -0.335 e. The van der Waals surface area contributed by atoms with E-state index in [4.69, 9.17) is 40.5 Å². The number of nitrogens with zero attached hydrogens (tertiary/aromatic N) is 3. The fourth-order valence-corrected chi connectivity index (χ4v) is 6.90. The summed E-state index contributed by atoms with van der Waals surface area (Å²) < 4.78 is 41.8. The van der Waals surface area contributed by atoms with Gasteiger partial charge in [-0.2, -0.15) is 4.31 Å². The van der Waals surface area contributed by atoms with Gasteiger partial charge in [-0.25, -0.2) is 12.8 Å². The minimum absolute atomic E-state index is 0.0728. The zero-order chi connectivity index (χ0) is 25.5. The minimum atomic E-state index is -4.27. The number of fused-ring (bicyclic) bond motifs is 1. The molecule has 2 aliphatic rings. The first-order chi connectivity index (χ1) is 16.5. The SMILES string of the molecule is NC1CN(S(=O)(=O)c2ccc(Cl)cc2Cl)C2CN(CCF)C(=O)C(Cc3ccc(Cl)cc3)N2C1=O. The van der Waals surface area contributed by atoms with Crippen molar-refractivity contribution in [3.8, 4) is 0 Å². The number of benzene rings is 2. The van der Waals surface area contributed by atoms with Crippen LogP contribution >= 0.6 is 34.8 Å². The molecule has 13 heteroatoms. The molecule has 188 valence electrons. The molecule has 2 amide bonds. The number of piperazine rings is 1. The number of amides is 2. The zero-order valence-electron chi connectivity index (χ0n) is 18.3. The van der Waals surface area contributed by atoms with E-state index in [2.05, 4.69) is 0 Å². The normalized spacial score (nSPS) is 23.5. The third-order valence-electron chi connectivity index (χ3n) is 6.10. The molecular formula is C22H22Cl3FN4O4S. The second-order valence-electron chi connectivity index (χ2n) is 8.30. The van der Waals surface area contributed by atoms with E-state index in [1.807, 2.05) is 0 Å². The van der Waals surface area contributed by atoms with Crippen molar-refractivity contribution >= 4 is 56.6 Å². The van der Waals surface area contributed by atoms with Crippen LogP contribution in [0.4, 0.5) is 4.39 Å². The topological polar surface area (TPSA) is 104 Å². The number of carbonyl (C=O) groups is 2. The first-order valence-corrected chi connectivity index (χ1v) is 13.3. The summed E-state index contributed by atoms with van der Waals surface area (Å²) in [4.78, 5) is 28.8. The maximum Gasteiger partial charge on any atom is 0.246 e. The van der Waals surface area contributed by atoms with E-state index in [-0.39, 0.29) is 41.0 Å². The van der Waals surface area contributed by atoms with Crippen LogP contribution in [-0.2, 0) is 26.0 Å². The summed E-state index contributed by atoms with van der Waals surface area (Å²) in [7, 11) is -4.27. The highest BCUT2D eigenvalue weighted by molar-refractivity contribution is 7.89. The first-order valence-electron chi connectivity index (χ1n) is 10.7. The molecular weight excluding hydrogens is 542 g/mol. The van der Waals surface area contributed by atoms with Gasteiger partial charge in [0.1, 0.15) is 23.8 Å². The van der Waals surface area contributed by atoms with Gasteiger partial charge >= 0.3 is 0 Å². The predicted molar refractivity (Wildman–Crippen MR) is 130 cm³/mol. The van der Waals surface area contributed by atoms with Crippen molar-refractivity contribution in [1.82, 2.24) is 14.1 Å². The lowest BCUT2D eigenvalue weighted by Gasteiger charge is -2.52. The van der Waals surface area contributed by atoms with Gasteiger partial charge in [-0.15, -0.1) is 0 Å². The van der Waals surface area contributed by atoms with Gasteiger partial charge in [0, 0.05) is 29.6 Å². The summed E-state index contributed by atoms with van der Waals surface area (Å²) in [6.07, 6.45) is -1.02. The summed E-state index contributed by atoms with van der Waals surface area (Å²) in [6.45, 7) is -1.60. The van der Waals surface area contributed by atoms with E-state index in [1.54, 1.807) is 24.3 Å². The molecule has 0 aromatic heterocycles. The van der Waals surface area contributed by atoms with Crippen LogP contribution in [0.1, 0.15) is 5.56 Å². The van der Waals surface area contributed by atoms with Gasteiger partial charge < -0.3 is 15.5 Å². The number of halogens is 4. The Morgan fingerprint density at radius 3 is 2.26 bits per heavy atom. The molecule has 0 spiro atoms. The highest BCUT2D eigenvalue weighted by atomic mass is 35.5. The second-order valence-corrected chi connectivity index (χ2v) is 11.4. The molecule has 0 aliphatic carbocycles. The van der Waals surface area contributed by atoms with Crippen LogP contribution in [0.5, 0.6) is 0 Å². The Morgan fingerprint density at radius 2 is 1.63 bits per heavy atom. The molecule has 2 aliphatic heterocycles. The summed E-state index contributed by atoms with van der Waals surface area (Å²) in [5, 5.41) is 0.648. The molecule has 3 unspecified atom stereocenters. The molecule has 4 rings (SSSR count). The maximum absolute atomic E-state index is 13.7. The van der Waals surface area contributed by atoms with Gasteiger partial charge in [0.25, 0.3) is 0 Å². The van der Waals surface area contributed by atoms with Gasteiger partial charge in [0.15, 0.2) is 0 Å². The monoisotopic (exact) mass is 562 g/mol. The number of alkyl halides is 1. The quantitative estimate of drug-likeness (QED) is 0.582. The van der Waals surface area contributed by atoms with Crippen LogP contribution in [-0.4, -0.2) is 78.9 Å². The molecule has 0 bridgehead atoms.